The summed E-state index contributed by atoms with van der Waals surface area (Å²) in [6, 6.07) is 5.51. The van der Waals surface area contributed by atoms with Gasteiger partial charge in [-0.15, -0.1) is 0 Å². The fourth-order valence-corrected chi connectivity index (χ4v) is 4.45. The number of sulfonamides is 1. The van der Waals surface area contributed by atoms with Crippen LogP contribution in [-0.4, -0.2) is 55.1 Å². The van der Waals surface area contributed by atoms with E-state index in [2.05, 4.69) is 0 Å². The molecule has 0 fully saturated rings. The number of hydrogen-bond acceptors (Lipinski definition) is 4. The number of benzene rings is 1. The molecule has 2 rings (SSSR count). The van der Waals surface area contributed by atoms with Crippen LogP contribution in [0.4, 0.5) is 0 Å². The van der Waals surface area contributed by atoms with Crippen LogP contribution in [0.3, 0.4) is 0 Å². The van der Waals surface area contributed by atoms with Gasteiger partial charge in [-0.05, 0) is 31.4 Å². The average molecular weight is 322 g/mol. The minimum absolute atomic E-state index is 0.210. The molecule has 0 spiro atoms. The molecule has 22 heavy (non-hydrogen) atoms. The quantitative estimate of drug-likeness (QED) is 0.352. The van der Waals surface area contributed by atoms with E-state index in [9.17, 15) is 18.4 Å². The van der Waals surface area contributed by atoms with Crippen LogP contribution in [0.5, 0.6) is 0 Å². The number of hydroxylamine groups is 2. The summed E-state index contributed by atoms with van der Waals surface area (Å²) in [6.07, 6.45) is 0.827. The van der Waals surface area contributed by atoms with Gasteiger partial charge in [0, 0.05) is 13.1 Å². The molecular weight excluding hydrogens is 303 g/mol. The monoisotopic (exact) mass is 322 g/mol. The summed E-state index contributed by atoms with van der Waals surface area (Å²) in [4.78, 5) is 10.7. The number of hydrogen-bond donors (Lipinski definition) is 1. The van der Waals surface area contributed by atoms with Crippen LogP contribution >= 0.6 is 0 Å². The maximum Gasteiger partial charge on any atom is 0.233 e. The molecule has 6 nitrogen and oxygen atoms in total. The van der Waals surface area contributed by atoms with Crippen LogP contribution in [0.25, 0.3) is 0 Å². The molecule has 0 unspecified atom stereocenters. The second-order valence-electron chi connectivity index (χ2n) is 6.13. The first-order valence-electron chi connectivity index (χ1n) is 6.94. The highest BCUT2D eigenvalue weighted by atomic mass is 32.2. The van der Waals surface area contributed by atoms with Gasteiger partial charge in [-0.25, -0.2) is 13.5 Å². The third-order valence-electron chi connectivity index (χ3n) is 3.86. The fraction of sp³-hybridized carbons (Fsp3) is 0.500. The van der Waals surface area contributed by atoms with E-state index >= 15 is 0 Å². The van der Waals surface area contributed by atoms with Crippen molar-refractivity contribution in [2.24, 2.45) is 0 Å². The van der Waals surface area contributed by atoms with E-state index in [-0.39, 0.29) is 18.7 Å². The van der Waals surface area contributed by atoms with Gasteiger partial charge in [-0.2, -0.15) is 4.31 Å². The lowest BCUT2D eigenvalue weighted by Crippen LogP contribution is -2.50. The average Bonchev–Trinajstić information content (AvgIpc) is 2.44. The molecule has 1 aliphatic heterocycles. The second-order valence-corrected chi connectivity index (χ2v) is 8.10. The van der Waals surface area contributed by atoms with Crippen molar-refractivity contribution < 1.29 is 18.4 Å². The zero-order chi connectivity index (χ0) is 16.5. The minimum atomic E-state index is -3.62. The molecular formula is C14H19BN2O4S. The lowest BCUT2D eigenvalue weighted by atomic mass is 9.90. The van der Waals surface area contributed by atoms with E-state index in [4.69, 9.17) is 7.85 Å². The highest BCUT2D eigenvalue weighted by Gasteiger charge is 2.36. The SMILES string of the molecule is [B]c1ccc2c(c1)CN(S(=O)(=O)CC(C)(C)N(O)C=O)CC2. The minimum Gasteiger partial charge on any atom is -0.286 e. The molecule has 0 saturated carbocycles. The first-order valence-corrected chi connectivity index (χ1v) is 8.55. The maximum absolute atomic E-state index is 12.6. The van der Waals surface area contributed by atoms with E-state index in [0.29, 0.717) is 23.5 Å². The number of fused-ring (bicyclic) bond motifs is 1. The van der Waals surface area contributed by atoms with Crippen molar-refractivity contribution in [3.63, 3.8) is 0 Å². The van der Waals surface area contributed by atoms with Crippen molar-refractivity contribution in [2.75, 3.05) is 12.3 Å². The number of nitrogens with zero attached hydrogens (tertiary/aromatic N) is 2. The van der Waals surface area contributed by atoms with Crippen LogP contribution in [0.2, 0.25) is 0 Å². The summed E-state index contributed by atoms with van der Waals surface area (Å²) in [5.74, 6) is -0.354. The Hall–Kier alpha value is -1.38. The molecule has 0 bridgehead atoms. The zero-order valence-electron chi connectivity index (χ0n) is 12.7. The Balaban J connectivity index is 2.20. The highest BCUT2D eigenvalue weighted by molar-refractivity contribution is 7.89. The van der Waals surface area contributed by atoms with Crippen molar-refractivity contribution >= 4 is 29.7 Å². The molecule has 1 heterocycles. The molecule has 1 amide bonds. The molecule has 2 radical (unpaired) electrons. The van der Waals surface area contributed by atoms with E-state index in [1.807, 2.05) is 6.07 Å². The van der Waals surface area contributed by atoms with Gasteiger partial charge in [0.25, 0.3) is 0 Å². The Morgan fingerprint density at radius 3 is 2.73 bits per heavy atom. The molecule has 0 saturated heterocycles. The van der Waals surface area contributed by atoms with Crippen LogP contribution in [-0.2, 0) is 27.8 Å². The molecule has 118 valence electrons. The van der Waals surface area contributed by atoms with Crippen molar-refractivity contribution in [1.29, 1.82) is 0 Å². The van der Waals surface area contributed by atoms with Crippen LogP contribution in [0.1, 0.15) is 25.0 Å². The molecule has 0 atom stereocenters. The van der Waals surface area contributed by atoms with Crippen molar-refractivity contribution in [2.45, 2.75) is 32.4 Å². The predicted octanol–water partition coefficient (Wildman–Crippen LogP) is -0.205. The Labute approximate surface area is 132 Å². The van der Waals surface area contributed by atoms with Crippen LogP contribution in [0.15, 0.2) is 18.2 Å². The third-order valence-corrected chi connectivity index (χ3v) is 6.03. The summed E-state index contributed by atoms with van der Waals surface area (Å²) in [7, 11) is 2.13. The first-order chi connectivity index (χ1) is 10.2. The van der Waals surface area contributed by atoms with Crippen molar-refractivity contribution in [3.05, 3.63) is 29.3 Å². The van der Waals surface area contributed by atoms with E-state index in [1.165, 1.54) is 18.2 Å². The smallest absolute Gasteiger partial charge is 0.233 e. The fourth-order valence-electron chi connectivity index (χ4n) is 2.54. The Bertz CT molecular complexity index is 675. The first kappa shape index (κ1) is 17.0. The summed E-state index contributed by atoms with van der Waals surface area (Å²) in [6.45, 7) is 3.62. The lowest BCUT2D eigenvalue weighted by Gasteiger charge is -2.34. The normalized spacial score (nSPS) is 16.1. The topological polar surface area (TPSA) is 77.9 Å². The Kier molecular flexibility index (Phi) is 4.65. The predicted molar refractivity (Wildman–Crippen MR) is 83.5 cm³/mol. The van der Waals surface area contributed by atoms with E-state index < -0.39 is 15.6 Å². The number of carbonyl (C=O) groups is 1. The van der Waals surface area contributed by atoms with Crippen molar-refractivity contribution in [3.8, 4) is 0 Å². The summed E-state index contributed by atoms with van der Waals surface area (Å²) in [5, 5.41) is 9.90. The van der Waals surface area contributed by atoms with Gasteiger partial charge < -0.3 is 0 Å². The summed E-state index contributed by atoms with van der Waals surface area (Å²) in [5.41, 5.74) is 1.39. The lowest BCUT2D eigenvalue weighted by molar-refractivity contribution is -0.170. The van der Waals surface area contributed by atoms with Gasteiger partial charge in [0.1, 0.15) is 7.85 Å². The Morgan fingerprint density at radius 1 is 1.41 bits per heavy atom. The largest absolute Gasteiger partial charge is 0.286 e. The molecule has 1 aliphatic rings. The molecule has 1 N–H and O–H groups in total. The van der Waals surface area contributed by atoms with Gasteiger partial charge in [-0.3, -0.25) is 10.0 Å². The Morgan fingerprint density at radius 2 is 2.09 bits per heavy atom. The number of carbonyl (C=O) groups excluding carboxylic acids is 1. The standard InChI is InChI=1S/C14H19BN2O4S/c1-14(2,17(19)10-18)9-22(20,21)16-6-5-11-3-4-13(15)7-12(11)8-16/h3-4,7,10,19H,5-6,8-9H2,1-2H3. The second kappa shape index (κ2) is 6.02. The summed E-state index contributed by atoms with van der Waals surface area (Å²) < 4.78 is 26.5. The van der Waals surface area contributed by atoms with Gasteiger partial charge in [0.05, 0.1) is 11.3 Å². The molecule has 1 aromatic carbocycles. The van der Waals surface area contributed by atoms with E-state index in [1.54, 1.807) is 12.1 Å². The molecule has 1 aromatic rings. The van der Waals surface area contributed by atoms with Gasteiger partial charge >= 0.3 is 0 Å². The maximum atomic E-state index is 12.6. The van der Waals surface area contributed by atoms with Gasteiger partial charge in [0.2, 0.25) is 16.4 Å². The van der Waals surface area contributed by atoms with E-state index in [0.717, 1.165) is 11.1 Å². The zero-order valence-corrected chi connectivity index (χ0v) is 13.5. The molecule has 8 heteroatoms. The highest BCUT2D eigenvalue weighted by Crippen LogP contribution is 2.23. The van der Waals surface area contributed by atoms with Gasteiger partial charge in [-0.1, -0.05) is 23.7 Å². The van der Waals surface area contributed by atoms with Crippen molar-refractivity contribution in [1.82, 2.24) is 9.37 Å². The summed E-state index contributed by atoms with van der Waals surface area (Å²) >= 11 is 0. The van der Waals surface area contributed by atoms with Crippen LogP contribution < -0.4 is 5.46 Å². The molecule has 0 aromatic heterocycles. The third kappa shape index (κ3) is 3.51. The molecule has 0 aliphatic carbocycles. The number of rotatable bonds is 5. The van der Waals surface area contributed by atoms with Crippen LogP contribution in [0, 0.1) is 0 Å². The van der Waals surface area contributed by atoms with Gasteiger partial charge in [0.15, 0.2) is 0 Å². The number of amides is 1.